The number of methoxy groups -OCH3 is 1. The number of aryl methyl sites for hydroxylation is 2. The van der Waals surface area contributed by atoms with E-state index in [0.29, 0.717) is 12.0 Å². The van der Waals surface area contributed by atoms with E-state index in [0.717, 1.165) is 18.4 Å². The van der Waals surface area contributed by atoms with Crippen molar-refractivity contribution in [1.82, 2.24) is 0 Å². The highest BCUT2D eigenvalue weighted by Crippen LogP contribution is 2.28. The molecule has 0 heterocycles. The van der Waals surface area contributed by atoms with E-state index < -0.39 is 0 Å². The van der Waals surface area contributed by atoms with Crippen molar-refractivity contribution in [2.24, 2.45) is 5.73 Å². The lowest BCUT2D eigenvalue weighted by atomic mass is 9.96. The fourth-order valence-electron chi connectivity index (χ4n) is 3.05. The van der Waals surface area contributed by atoms with Gasteiger partial charge in [-0.15, -0.1) is 0 Å². The lowest BCUT2D eigenvalue weighted by molar-refractivity contribution is 0.383. The van der Waals surface area contributed by atoms with Crippen LogP contribution in [0.4, 0.5) is 4.39 Å². The first-order chi connectivity index (χ1) is 10.2. The van der Waals surface area contributed by atoms with E-state index >= 15 is 0 Å². The zero-order chi connectivity index (χ0) is 14.8. The molecule has 3 rings (SSSR count). The number of hydrogen-bond acceptors (Lipinski definition) is 2. The smallest absolute Gasteiger partial charge is 0.168 e. The zero-order valence-electron chi connectivity index (χ0n) is 12.2. The molecule has 21 heavy (non-hydrogen) atoms. The Hall–Kier alpha value is -1.87. The van der Waals surface area contributed by atoms with Crippen LogP contribution in [0.25, 0.3) is 0 Å². The Labute approximate surface area is 124 Å². The van der Waals surface area contributed by atoms with Gasteiger partial charge in [0.25, 0.3) is 0 Å². The average molecular weight is 285 g/mol. The van der Waals surface area contributed by atoms with Gasteiger partial charge in [0.1, 0.15) is 0 Å². The van der Waals surface area contributed by atoms with Crippen LogP contribution in [-0.2, 0) is 19.3 Å². The van der Waals surface area contributed by atoms with E-state index in [1.54, 1.807) is 18.2 Å². The minimum absolute atomic E-state index is 0.197. The van der Waals surface area contributed by atoms with Crippen LogP contribution < -0.4 is 10.5 Å². The van der Waals surface area contributed by atoms with Gasteiger partial charge in [-0.2, -0.15) is 0 Å². The largest absolute Gasteiger partial charge is 0.494 e. The van der Waals surface area contributed by atoms with E-state index in [1.165, 1.54) is 24.7 Å². The van der Waals surface area contributed by atoms with Gasteiger partial charge in [-0.05, 0) is 54.0 Å². The summed E-state index contributed by atoms with van der Waals surface area (Å²) in [5.41, 5.74) is 10.8. The number of halogens is 1. The molecule has 0 spiro atoms. The van der Waals surface area contributed by atoms with Crippen molar-refractivity contribution in [3.8, 4) is 5.75 Å². The van der Waals surface area contributed by atoms with Crippen LogP contribution in [0, 0.1) is 5.82 Å². The monoisotopic (exact) mass is 285 g/mol. The van der Waals surface area contributed by atoms with Crippen LogP contribution in [0.1, 0.15) is 34.7 Å². The molecule has 0 fully saturated rings. The number of nitrogens with two attached hydrogens (primary N) is 1. The molecule has 0 saturated heterocycles. The van der Waals surface area contributed by atoms with E-state index in [9.17, 15) is 4.39 Å². The first-order valence-electron chi connectivity index (χ1n) is 7.37. The lowest BCUT2D eigenvalue weighted by Gasteiger charge is -2.15. The average Bonchev–Trinajstić information content (AvgIpc) is 2.96. The molecule has 0 saturated carbocycles. The standard InChI is InChI=1S/C18H20FNO/c1-21-17-7-3-6-15(18(17)19)11-16(20)14-9-8-12-4-2-5-13(12)10-14/h3,6-10,16H,2,4-5,11,20H2,1H3. The van der Waals surface area contributed by atoms with Gasteiger partial charge in [-0.1, -0.05) is 30.3 Å². The Morgan fingerprint density at radius 1 is 1.19 bits per heavy atom. The van der Waals surface area contributed by atoms with Crippen LogP contribution in [0.15, 0.2) is 36.4 Å². The summed E-state index contributed by atoms with van der Waals surface area (Å²) in [7, 11) is 1.47. The van der Waals surface area contributed by atoms with Gasteiger partial charge in [-0.25, -0.2) is 4.39 Å². The number of fused-ring (bicyclic) bond motifs is 1. The fourth-order valence-corrected chi connectivity index (χ4v) is 3.05. The van der Waals surface area contributed by atoms with E-state index in [1.807, 2.05) is 0 Å². The summed E-state index contributed by atoms with van der Waals surface area (Å²) < 4.78 is 19.2. The van der Waals surface area contributed by atoms with E-state index in [4.69, 9.17) is 10.5 Å². The lowest BCUT2D eigenvalue weighted by Crippen LogP contribution is -2.14. The highest BCUT2D eigenvalue weighted by Gasteiger charge is 2.16. The van der Waals surface area contributed by atoms with Gasteiger partial charge in [0, 0.05) is 6.04 Å². The number of benzene rings is 2. The fraction of sp³-hybridized carbons (Fsp3) is 0.333. The van der Waals surface area contributed by atoms with Gasteiger partial charge in [0.15, 0.2) is 11.6 Å². The topological polar surface area (TPSA) is 35.2 Å². The molecule has 2 nitrogen and oxygen atoms in total. The number of rotatable bonds is 4. The molecule has 2 aromatic carbocycles. The van der Waals surface area contributed by atoms with Gasteiger partial charge in [0.05, 0.1) is 7.11 Å². The third-order valence-corrected chi connectivity index (χ3v) is 4.25. The second-order valence-corrected chi connectivity index (χ2v) is 5.63. The molecule has 0 radical (unpaired) electrons. The first kappa shape index (κ1) is 14.1. The summed E-state index contributed by atoms with van der Waals surface area (Å²) in [5.74, 6) is -0.0368. The second kappa shape index (κ2) is 5.86. The predicted octanol–water partition coefficient (Wildman–Crippen LogP) is 3.57. The molecule has 3 heteroatoms. The van der Waals surface area contributed by atoms with Crippen molar-refractivity contribution < 1.29 is 9.13 Å². The molecule has 110 valence electrons. The summed E-state index contributed by atoms with van der Waals surface area (Å²) in [6.45, 7) is 0. The molecule has 1 atom stereocenters. The van der Waals surface area contributed by atoms with E-state index in [2.05, 4.69) is 18.2 Å². The highest BCUT2D eigenvalue weighted by atomic mass is 19.1. The van der Waals surface area contributed by atoms with Crippen molar-refractivity contribution in [3.05, 3.63) is 64.5 Å². The molecular formula is C18H20FNO. The molecular weight excluding hydrogens is 265 g/mol. The molecule has 0 amide bonds. The molecule has 1 aliphatic rings. The predicted molar refractivity (Wildman–Crippen MR) is 82.1 cm³/mol. The Morgan fingerprint density at radius 3 is 2.81 bits per heavy atom. The Balaban J connectivity index is 1.82. The van der Waals surface area contributed by atoms with Gasteiger partial charge < -0.3 is 10.5 Å². The van der Waals surface area contributed by atoms with Crippen molar-refractivity contribution in [2.45, 2.75) is 31.7 Å². The summed E-state index contributed by atoms with van der Waals surface area (Å²) in [6, 6.07) is 11.4. The molecule has 0 bridgehead atoms. The van der Waals surface area contributed by atoms with Gasteiger partial charge >= 0.3 is 0 Å². The third kappa shape index (κ3) is 2.79. The van der Waals surface area contributed by atoms with Crippen LogP contribution >= 0.6 is 0 Å². The van der Waals surface area contributed by atoms with Crippen molar-refractivity contribution >= 4 is 0 Å². The van der Waals surface area contributed by atoms with E-state index in [-0.39, 0.29) is 17.6 Å². The maximum absolute atomic E-state index is 14.2. The first-order valence-corrected chi connectivity index (χ1v) is 7.37. The van der Waals surface area contributed by atoms with Gasteiger partial charge in [0.2, 0.25) is 0 Å². The molecule has 1 aliphatic carbocycles. The highest BCUT2D eigenvalue weighted by molar-refractivity contribution is 5.38. The third-order valence-electron chi connectivity index (χ3n) is 4.25. The molecule has 2 aromatic rings. The van der Waals surface area contributed by atoms with Crippen LogP contribution in [0.2, 0.25) is 0 Å². The van der Waals surface area contributed by atoms with Crippen LogP contribution in [0.5, 0.6) is 5.75 Å². The zero-order valence-corrected chi connectivity index (χ0v) is 12.2. The van der Waals surface area contributed by atoms with Crippen LogP contribution in [0.3, 0.4) is 0 Å². The SMILES string of the molecule is COc1cccc(CC(N)c2ccc3c(c2)CCC3)c1F. The quantitative estimate of drug-likeness (QED) is 0.932. The normalized spacial score (nSPS) is 14.8. The summed E-state index contributed by atoms with van der Waals surface area (Å²) in [4.78, 5) is 0. The van der Waals surface area contributed by atoms with Crippen molar-refractivity contribution in [2.75, 3.05) is 7.11 Å². The second-order valence-electron chi connectivity index (χ2n) is 5.63. The number of ether oxygens (including phenoxy) is 1. The summed E-state index contributed by atoms with van der Waals surface area (Å²) in [6.07, 6.45) is 3.99. The molecule has 0 aliphatic heterocycles. The van der Waals surface area contributed by atoms with Crippen molar-refractivity contribution in [3.63, 3.8) is 0 Å². The summed E-state index contributed by atoms with van der Waals surface area (Å²) >= 11 is 0. The Morgan fingerprint density at radius 2 is 2.00 bits per heavy atom. The minimum atomic E-state index is -0.309. The molecule has 2 N–H and O–H groups in total. The minimum Gasteiger partial charge on any atom is -0.494 e. The summed E-state index contributed by atoms with van der Waals surface area (Å²) in [5, 5.41) is 0. The number of hydrogen-bond donors (Lipinski definition) is 1. The van der Waals surface area contributed by atoms with Crippen LogP contribution in [-0.4, -0.2) is 7.11 Å². The maximum atomic E-state index is 14.2. The van der Waals surface area contributed by atoms with Gasteiger partial charge in [-0.3, -0.25) is 0 Å². The van der Waals surface area contributed by atoms with Crippen molar-refractivity contribution in [1.29, 1.82) is 0 Å². The molecule has 0 aromatic heterocycles. The molecule has 1 unspecified atom stereocenters. The maximum Gasteiger partial charge on any atom is 0.168 e. The Kier molecular flexibility index (Phi) is 3.93. The Bertz CT molecular complexity index is 654.